The molecule has 406 valence electrons. The number of aromatic hydroxyl groups is 1. The fourth-order valence-electron chi connectivity index (χ4n) is 8.45. The Hall–Kier alpha value is -7.91. The van der Waals surface area contributed by atoms with Crippen molar-refractivity contribution in [3.63, 3.8) is 0 Å². The molecule has 14 N–H and O–H groups in total. The number of likely N-dealkylation sites (N-methyl/N-ethyl adjacent to an activating group) is 1. The molecule has 0 saturated carbocycles. The largest absolute Gasteiger partial charge is 0.508 e. The van der Waals surface area contributed by atoms with Crippen LogP contribution in [0.2, 0.25) is 0 Å². The summed E-state index contributed by atoms with van der Waals surface area (Å²) in [5, 5.41) is 45.0. The lowest BCUT2D eigenvalue weighted by Crippen LogP contribution is -2.61. The zero-order valence-corrected chi connectivity index (χ0v) is 41.3. The molecule has 0 aliphatic carbocycles. The van der Waals surface area contributed by atoms with Gasteiger partial charge in [0.25, 0.3) is 5.56 Å². The fraction of sp³-hybridized carbons (Fsp3) is 0.565. The predicted molar refractivity (Wildman–Crippen MR) is 260 cm³/mol. The number of hydrogen-bond donors (Lipinski definition) is 12. The number of H-pyrrole nitrogens is 1. The Balaban J connectivity index is 1.54. The van der Waals surface area contributed by atoms with E-state index >= 15 is 0 Å². The lowest BCUT2D eigenvalue weighted by molar-refractivity contribution is -0.143. The average Bonchev–Trinajstić information content (AvgIpc) is 4.04. The molecular weight excluding hydrogens is 978 g/mol. The van der Waals surface area contributed by atoms with Crippen LogP contribution in [0.3, 0.4) is 0 Å². The van der Waals surface area contributed by atoms with Gasteiger partial charge in [-0.25, -0.2) is 4.79 Å². The first kappa shape index (κ1) is 58.7. The summed E-state index contributed by atoms with van der Waals surface area (Å²) in [7, 11) is 0. The molecule has 7 atom stereocenters. The van der Waals surface area contributed by atoms with E-state index in [1.807, 2.05) is 0 Å². The molecule has 2 aliphatic heterocycles. The number of guanidine groups is 1. The van der Waals surface area contributed by atoms with Crippen LogP contribution in [0.25, 0.3) is 0 Å². The van der Waals surface area contributed by atoms with Crippen LogP contribution in [0.4, 0.5) is 4.39 Å². The minimum absolute atomic E-state index is 0.0118. The summed E-state index contributed by atoms with van der Waals surface area (Å²) in [6, 6.07) is -4.67. The second-order valence-electron chi connectivity index (χ2n) is 18.2. The molecule has 74 heavy (non-hydrogen) atoms. The number of aromatic nitrogens is 2. The van der Waals surface area contributed by atoms with Crippen LogP contribution < -0.4 is 54.6 Å². The Morgan fingerprint density at radius 2 is 1.36 bits per heavy atom. The van der Waals surface area contributed by atoms with Gasteiger partial charge >= 0.3 is 11.7 Å². The number of rotatable bonds is 26. The van der Waals surface area contributed by atoms with Gasteiger partial charge in [-0.3, -0.25) is 62.5 Å². The number of nitrogens with zero attached hydrogens (tertiary/aromatic N) is 4. The molecule has 0 bridgehead atoms. The van der Waals surface area contributed by atoms with E-state index in [9.17, 15) is 72.4 Å². The number of carbonyl (C=O) groups is 9. The highest BCUT2D eigenvalue weighted by Gasteiger charge is 2.40. The molecule has 8 amide bonds. The fourth-order valence-corrected chi connectivity index (χ4v) is 8.45. The molecule has 2 aliphatic rings. The summed E-state index contributed by atoms with van der Waals surface area (Å²) in [5.74, 6) is -10.5. The van der Waals surface area contributed by atoms with E-state index in [2.05, 4.69) is 36.9 Å². The van der Waals surface area contributed by atoms with Crippen molar-refractivity contribution in [2.45, 2.75) is 127 Å². The van der Waals surface area contributed by atoms with Crippen molar-refractivity contribution >= 4 is 59.2 Å². The van der Waals surface area contributed by atoms with Crippen LogP contribution >= 0.6 is 0 Å². The maximum Gasteiger partial charge on any atom is 0.328 e. The number of halogens is 1. The number of aliphatic imine (C=N–C) groups is 1. The number of carbonyl (C=O) groups excluding carboxylic acids is 8. The van der Waals surface area contributed by atoms with Crippen molar-refractivity contribution in [2.75, 3.05) is 32.8 Å². The van der Waals surface area contributed by atoms with Gasteiger partial charge in [0.05, 0.1) is 19.2 Å². The molecule has 1 aromatic heterocycles. The van der Waals surface area contributed by atoms with Gasteiger partial charge in [-0.15, -0.1) is 0 Å². The van der Waals surface area contributed by atoms with E-state index in [1.54, 1.807) is 25.8 Å². The molecule has 3 heterocycles. The zero-order chi connectivity index (χ0) is 54.8. The monoisotopic (exact) mass is 1040 g/mol. The van der Waals surface area contributed by atoms with Gasteiger partial charge in [0, 0.05) is 32.6 Å². The van der Waals surface area contributed by atoms with Crippen molar-refractivity contribution in [2.24, 2.45) is 22.4 Å². The number of nitrogens with two attached hydrogens (primary N) is 2. The molecule has 1 aromatic carbocycles. The molecule has 28 heteroatoms. The molecule has 2 saturated heterocycles. The van der Waals surface area contributed by atoms with E-state index in [0.717, 1.165) is 4.90 Å². The summed E-state index contributed by atoms with van der Waals surface area (Å²) < 4.78 is 14.5. The van der Waals surface area contributed by atoms with E-state index < -0.39 is 126 Å². The second kappa shape index (κ2) is 27.8. The number of carboxylic acid groups (broad SMARTS) is 1. The SMILES string of the molecule is CCNC(=O)[C@@H]1CCCN1C(=O)[C@H](CCCN=C(N)N)NC(=O)[C@H](CC(C)C)NC(=O)[C@@H](CC(=O)O)NC(=O)[C@H](Cc1ccc(O)cc1)NC(=O)[C@H](CO)NC(=O)[C@@H]1CCCN1C(=O)Cn1cc(F)c(=O)[nH]c1=O. The number of likely N-dealkylation sites (tertiary alicyclic amines) is 2. The number of carboxylic acids is 1. The van der Waals surface area contributed by atoms with Gasteiger partial charge in [-0.1, -0.05) is 26.0 Å². The average molecular weight is 1040 g/mol. The standard InChI is InChI=1S/C46H66FN13O14/c1-4-50-42(71)33-9-7-17-60(33)44(73)28(8-5-15-51-45(48)49)52-38(67)29(18-24(2)3)53-40(69)31(20-36(64)65)55-39(68)30(19-25-11-13-26(62)14-12-25)54-41(70)32(23-61)56-43(72)34-10-6-16-59(34)35(63)22-58-21-27(47)37(66)57-46(58)74/h11-14,21,24,28-34,61-62H,4-10,15-20,22-23H2,1-3H3,(H,50,71)(H,52,67)(H,53,69)(H,54,70)(H,55,68)(H,56,72)(H,64,65)(H4,48,49,51)(H,57,66,74)/t28-,29-,30-,31+,32-,33-,34-/m0/s1. The number of phenolic OH excluding ortho intramolecular Hbond substituents is 1. The Morgan fingerprint density at radius 3 is 1.97 bits per heavy atom. The minimum Gasteiger partial charge on any atom is -0.508 e. The van der Waals surface area contributed by atoms with E-state index in [-0.39, 0.29) is 75.3 Å². The normalized spacial score (nSPS) is 17.2. The van der Waals surface area contributed by atoms with Crippen LogP contribution in [0, 0.1) is 11.7 Å². The van der Waals surface area contributed by atoms with Crippen LogP contribution in [-0.4, -0.2) is 169 Å². The van der Waals surface area contributed by atoms with Crippen molar-refractivity contribution < 1.29 is 62.9 Å². The Labute approximate surface area is 423 Å². The number of aromatic amines is 1. The molecule has 4 rings (SSSR count). The molecule has 27 nitrogen and oxygen atoms in total. The molecule has 0 unspecified atom stereocenters. The number of aliphatic carboxylic acids is 1. The van der Waals surface area contributed by atoms with Gasteiger partial charge in [0.2, 0.25) is 53.1 Å². The van der Waals surface area contributed by atoms with Crippen LogP contribution in [-0.2, 0) is 56.1 Å². The maximum atomic E-state index is 14.2. The molecule has 0 radical (unpaired) electrons. The van der Waals surface area contributed by atoms with Crippen molar-refractivity contribution in [3.8, 4) is 5.75 Å². The van der Waals surface area contributed by atoms with Gasteiger partial charge in [-0.05, 0) is 75.5 Å². The number of amides is 8. The first-order valence-electron chi connectivity index (χ1n) is 24.1. The number of aliphatic hydroxyl groups excluding tert-OH is 1. The summed E-state index contributed by atoms with van der Waals surface area (Å²) in [6.07, 6.45) is 0.586. The van der Waals surface area contributed by atoms with Crippen LogP contribution in [0.15, 0.2) is 45.0 Å². The predicted octanol–water partition coefficient (Wildman–Crippen LogP) is -4.27. The van der Waals surface area contributed by atoms with E-state index in [4.69, 9.17) is 11.5 Å². The maximum absolute atomic E-state index is 14.2. The first-order chi connectivity index (χ1) is 35.0. The Morgan fingerprint density at radius 1 is 0.797 bits per heavy atom. The highest BCUT2D eigenvalue weighted by Crippen LogP contribution is 2.21. The van der Waals surface area contributed by atoms with E-state index in [1.165, 1.54) is 29.2 Å². The van der Waals surface area contributed by atoms with Crippen molar-refractivity contribution in [1.29, 1.82) is 0 Å². The molecular formula is C46H66FN13O14. The number of hydrogen-bond acceptors (Lipinski definition) is 14. The quantitative estimate of drug-likeness (QED) is 0.0241. The third-order valence-electron chi connectivity index (χ3n) is 12.1. The number of aliphatic hydroxyl groups is 1. The highest BCUT2D eigenvalue weighted by atomic mass is 19.1. The van der Waals surface area contributed by atoms with Crippen LogP contribution in [0.1, 0.15) is 77.7 Å². The smallest absolute Gasteiger partial charge is 0.328 e. The van der Waals surface area contributed by atoms with Crippen molar-refractivity contribution in [1.82, 2.24) is 51.3 Å². The molecule has 2 fully saturated rings. The molecule has 0 spiro atoms. The second-order valence-corrected chi connectivity index (χ2v) is 18.2. The lowest BCUT2D eigenvalue weighted by atomic mass is 10.0. The van der Waals surface area contributed by atoms with Crippen LogP contribution in [0.5, 0.6) is 5.75 Å². The van der Waals surface area contributed by atoms with Gasteiger partial charge < -0.3 is 68.5 Å². The molecule has 2 aromatic rings. The minimum atomic E-state index is -1.90. The number of benzene rings is 1. The summed E-state index contributed by atoms with van der Waals surface area (Å²) >= 11 is 0. The van der Waals surface area contributed by atoms with Crippen molar-refractivity contribution in [3.05, 3.63) is 62.7 Å². The highest BCUT2D eigenvalue weighted by molar-refractivity contribution is 5.98. The Kier molecular flexibility index (Phi) is 22.0. The topological polar surface area (TPSA) is 412 Å². The number of phenols is 1. The van der Waals surface area contributed by atoms with E-state index in [0.29, 0.717) is 42.1 Å². The summed E-state index contributed by atoms with van der Waals surface area (Å²) in [4.78, 5) is 154. The first-order valence-corrected chi connectivity index (χ1v) is 24.1. The number of nitrogens with one attached hydrogen (secondary N) is 7. The van der Waals surface area contributed by atoms with Gasteiger partial charge in [0.15, 0.2) is 5.96 Å². The third kappa shape index (κ3) is 17.1. The van der Waals surface area contributed by atoms with Gasteiger partial charge in [-0.2, -0.15) is 4.39 Å². The summed E-state index contributed by atoms with van der Waals surface area (Å²) in [5.41, 5.74) is 8.89. The Bertz CT molecular complexity index is 2520. The zero-order valence-electron chi connectivity index (χ0n) is 41.3. The van der Waals surface area contributed by atoms with Gasteiger partial charge in [0.1, 0.15) is 54.6 Å². The summed E-state index contributed by atoms with van der Waals surface area (Å²) in [6.45, 7) is 4.04. The third-order valence-corrected chi connectivity index (χ3v) is 12.1. The lowest BCUT2D eigenvalue weighted by Gasteiger charge is -2.30.